The molecule has 3 rings (SSSR count). The van der Waals surface area contributed by atoms with Gasteiger partial charge in [-0.1, -0.05) is 28.1 Å². The highest BCUT2D eigenvalue weighted by molar-refractivity contribution is 9.10. The average Bonchev–Trinajstić information content (AvgIpc) is 3.45. The number of carbonyl (C=O) groups is 2. The quantitative estimate of drug-likeness (QED) is 0.681. The van der Waals surface area contributed by atoms with Crippen LogP contribution in [0.4, 0.5) is 23.7 Å². The average molecular weight is 456 g/mol. The van der Waals surface area contributed by atoms with Crippen LogP contribution in [0.2, 0.25) is 0 Å². The lowest BCUT2D eigenvalue weighted by Crippen LogP contribution is -2.36. The standard InChI is InChI=1S/C19H17BrF3N3O2/c20-16-7-4-13(9-15(16)19(21,22)23)25-18(28)26(14-5-6-14)10-11-2-1-3-12(8-11)17(24)27/h1-4,7-9,14H,5-6,10H2,(H2,24,27)(H,25,28). The van der Waals surface area contributed by atoms with Gasteiger partial charge in [0.05, 0.1) is 5.56 Å². The molecule has 1 aliphatic carbocycles. The fourth-order valence-corrected chi connectivity index (χ4v) is 3.26. The molecule has 2 aromatic rings. The van der Waals surface area contributed by atoms with E-state index >= 15 is 0 Å². The molecule has 1 aliphatic rings. The lowest BCUT2D eigenvalue weighted by Gasteiger charge is -2.23. The lowest BCUT2D eigenvalue weighted by molar-refractivity contribution is -0.138. The van der Waals surface area contributed by atoms with Gasteiger partial charge in [0, 0.05) is 28.3 Å². The van der Waals surface area contributed by atoms with Crippen molar-refractivity contribution in [2.45, 2.75) is 31.6 Å². The van der Waals surface area contributed by atoms with Gasteiger partial charge in [-0.3, -0.25) is 4.79 Å². The summed E-state index contributed by atoms with van der Waals surface area (Å²) in [4.78, 5) is 25.6. The molecule has 148 valence electrons. The van der Waals surface area contributed by atoms with Crippen molar-refractivity contribution in [1.82, 2.24) is 4.90 Å². The third-order valence-corrected chi connectivity index (χ3v) is 5.03. The van der Waals surface area contributed by atoms with Crippen LogP contribution in [-0.4, -0.2) is 22.9 Å². The molecule has 5 nitrogen and oxygen atoms in total. The van der Waals surface area contributed by atoms with Crippen LogP contribution in [0.25, 0.3) is 0 Å². The number of amides is 3. The number of hydrogen-bond donors (Lipinski definition) is 2. The van der Waals surface area contributed by atoms with Gasteiger partial charge >= 0.3 is 12.2 Å². The number of nitrogens with two attached hydrogens (primary N) is 1. The first-order valence-corrected chi connectivity index (χ1v) is 9.27. The Bertz CT molecular complexity index is 914. The smallest absolute Gasteiger partial charge is 0.366 e. The largest absolute Gasteiger partial charge is 0.417 e. The summed E-state index contributed by atoms with van der Waals surface area (Å²) in [5.41, 5.74) is 5.51. The number of hydrogen-bond acceptors (Lipinski definition) is 2. The van der Waals surface area contributed by atoms with Crippen LogP contribution in [0.1, 0.15) is 34.3 Å². The summed E-state index contributed by atoms with van der Waals surface area (Å²) < 4.78 is 39.1. The van der Waals surface area contributed by atoms with E-state index in [-0.39, 0.29) is 22.7 Å². The summed E-state index contributed by atoms with van der Waals surface area (Å²) in [6.45, 7) is 0.222. The van der Waals surface area contributed by atoms with Gasteiger partial charge in [0.15, 0.2) is 0 Å². The number of halogens is 4. The first-order valence-electron chi connectivity index (χ1n) is 8.48. The Morgan fingerprint density at radius 1 is 1.18 bits per heavy atom. The summed E-state index contributed by atoms with van der Waals surface area (Å²) in [5, 5.41) is 2.54. The SMILES string of the molecule is NC(=O)c1cccc(CN(C(=O)Nc2ccc(Br)c(C(F)(F)F)c2)C2CC2)c1. The zero-order chi connectivity index (χ0) is 20.5. The maximum atomic E-state index is 13.1. The molecule has 28 heavy (non-hydrogen) atoms. The lowest BCUT2D eigenvalue weighted by atomic mass is 10.1. The first-order chi connectivity index (χ1) is 13.1. The number of rotatable bonds is 5. The van der Waals surface area contributed by atoms with E-state index in [1.165, 1.54) is 12.1 Å². The van der Waals surface area contributed by atoms with Gasteiger partial charge < -0.3 is 16.0 Å². The van der Waals surface area contributed by atoms with Crippen LogP contribution in [-0.2, 0) is 12.7 Å². The monoisotopic (exact) mass is 455 g/mol. The number of alkyl halides is 3. The Hall–Kier alpha value is -2.55. The molecule has 9 heteroatoms. The van der Waals surface area contributed by atoms with Gasteiger partial charge in [0.1, 0.15) is 0 Å². The van der Waals surface area contributed by atoms with Gasteiger partial charge in [-0.2, -0.15) is 13.2 Å². The van der Waals surface area contributed by atoms with E-state index in [2.05, 4.69) is 21.2 Å². The van der Waals surface area contributed by atoms with Gasteiger partial charge in [-0.05, 0) is 48.7 Å². The molecule has 0 saturated heterocycles. The number of nitrogens with one attached hydrogen (secondary N) is 1. The van der Waals surface area contributed by atoms with Gasteiger partial charge in [-0.15, -0.1) is 0 Å². The van der Waals surface area contributed by atoms with Crippen LogP contribution < -0.4 is 11.1 Å². The predicted molar refractivity (Wildman–Crippen MR) is 102 cm³/mol. The molecule has 0 spiro atoms. The van der Waals surface area contributed by atoms with Crippen molar-refractivity contribution in [2.24, 2.45) is 5.73 Å². The highest BCUT2D eigenvalue weighted by Crippen LogP contribution is 2.36. The molecule has 3 N–H and O–H groups in total. The Kier molecular flexibility index (Phi) is 5.64. The van der Waals surface area contributed by atoms with Crippen molar-refractivity contribution in [3.63, 3.8) is 0 Å². The molecule has 0 bridgehead atoms. The van der Waals surface area contributed by atoms with Crippen molar-refractivity contribution >= 4 is 33.6 Å². The number of urea groups is 1. The van der Waals surface area contributed by atoms with E-state index < -0.39 is 23.7 Å². The van der Waals surface area contributed by atoms with Crippen molar-refractivity contribution in [3.8, 4) is 0 Å². The van der Waals surface area contributed by atoms with Crippen LogP contribution in [0.15, 0.2) is 46.9 Å². The van der Waals surface area contributed by atoms with Crippen molar-refractivity contribution in [3.05, 3.63) is 63.6 Å². The Morgan fingerprint density at radius 3 is 2.50 bits per heavy atom. The van der Waals surface area contributed by atoms with Gasteiger partial charge in [0.2, 0.25) is 5.91 Å². The fourth-order valence-electron chi connectivity index (χ4n) is 2.79. The molecule has 0 aliphatic heterocycles. The molecular weight excluding hydrogens is 439 g/mol. The maximum Gasteiger partial charge on any atom is 0.417 e. The van der Waals surface area contributed by atoms with E-state index in [1.54, 1.807) is 29.2 Å². The second-order valence-corrected chi connectivity index (χ2v) is 7.40. The van der Waals surface area contributed by atoms with Crippen LogP contribution in [0.5, 0.6) is 0 Å². The molecule has 3 amide bonds. The van der Waals surface area contributed by atoms with Crippen LogP contribution >= 0.6 is 15.9 Å². The van der Waals surface area contributed by atoms with Crippen molar-refractivity contribution in [2.75, 3.05) is 5.32 Å². The number of benzene rings is 2. The summed E-state index contributed by atoms with van der Waals surface area (Å²) >= 11 is 2.88. The van der Waals surface area contributed by atoms with Gasteiger partial charge in [0.25, 0.3) is 0 Å². The molecule has 1 fully saturated rings. The number of anilines is 1. The minimum absolute atomic E-state index is 0.00905. The van der Waals surface area contributed by atoms with Crippen molar-refractivity contribution in [1.29, 1.82) is 0 Å². The summed E-state index contributed by atoms with van der Waals surface area (Å²) in [5.74, 6) is -0.571. The minimum Gasteiger partial charge on any atom is -0.366 e. The van der Waals surface area contributed by atoms with E-state index in [0.717, 1.165) is 18.9 Å². The topological polar surface area (TPSA) is 75.4 Å². The minimum atomic E-state index is -4.54. The number of carbonyl (C=O) groups excluding carboxylic acids is 2. The summed E-state index contributed by atoms with van der Waals surface area (Å²) in [6, 6.07) is 9.66. The molecule has 0 radical (unpaired) electrons. The third-order valence-electron chi connectivity index (χ3n) is 4.34. The van der Waals surface area contributed by atoms with E-state index in [9.17, 15) is 22.8 Å². The first kappa shape index (κ1) is 20.2. The number of primary amides is 1. The molecule has 0 aromatic heterocycles. The zero-order valence-corrected chi connectivity index (χ0v) is 16.2. The second kappa shape index (κ2) is 7.83. The Morgan fingerprint density at radius 2 is 1.89 bits per heavy atom. The second-order valence-electron chi connectivity index (χ2n) is 6.55. The van der Waals surface area contributed by atoms with Gasteiger partial charge in [-0.25, -0.2) is 4.79 Å². The van der Waals surface area contributed by atoms with E-state index in [4.69, 9.17) is 5.73 Å². The fraction of sp³-hybridized carbons (Fsp3) is 0.263. The molecule has 0 heterocycles. The normalized spacial score (nSPS) is 13.9. The molecule has 2 aromatic carbocycles. The highest BCUT2D eigenvalue weighted by Gasteiger charge is 2.35. The predicted octanol–water partition coefficient (Wildman–Crippen LogP) is 4.76. The zero-order valence-electron chi connectivity index (χ0n) is 14.6. The van der Waals surface area contributed by atoms with Crippen LogP contribution in [0.3, 0.4) is 0 Å². The Balaban J connectivity index is 1.78. The highest BCUT2D eigenvalue weighted by atomic mass is 79.9. The van der Waals surface area contributed by atoms with Crippen LogP contribution in [0, 0.1) is 0 Å². The molecular formula is C19H17BrF3N3O2. The van der Waals surface area contributed by atoms with Crippen molar-refractivity contribution < 1.29 is 22.8 Å². The summed E-state index contributed by atoms with van der Waals surface area (Å²) in [6.07, 6.45) is -2.90. The number of nitrogens with zero attached hydrogens (tertiary/aromatic N) is 1. The third kappa shape index (κ3) is 4.83. The van der Waals surface area contributed by atoms with E-state index in [0.29, 0.717) is 11.1 Å². The Labute approximate surface area is 167 Å². The maximum absolute atomic E-state index is 13.1. The molecule has 0 atom stereocenters. The molecule has 0 unspecified atom stereocenters. The van der Waals surface area contributed by atoms with E-state index in [1.807, 2.05) is 0 Å². The summed E-state index contributed by atoms with van der Waals surface area (Å²) in [7, 11) is 0. The molecule has 1 saturated carbocycles.